The van der Waals surface area contributed by atoms with Crippen LogP contribution >= 0.6 is 0 Å². The summed E-state index contributed by atoms with van der Waals surface area (Å²) in [5, 5.41) is 3.92. The Bertz CT molecular complexity index is 545. The van der Waals surface area contributed by atoms with Gasteiger partial charge in [-0.3, -0.25) is 0 Å². The standard InChI is InChI=1S/C10H9F3N4/c1-6-15-9(14)17(16-6)8-4-2-3-7(5-8)10(11,12)13/h2-5H,1H3,(H2,14,15,16). The van der Waals surface area contributed by atoms with E-state index in [0.29, 0.717) is 5.82 Å². The van der Waals surface area contributed by atoms with Crippen LogP contribution in [-0.4, -0.2) is 14.8 Å². The second kappa shape index (κ2) is 3.76. The van der Waals surface area contributed by atoms with Crippen LogP contribution in [0, 0.1) is 6.92 Å². The fourth-order valence-electron chi connectivity index (χ4n) is 1.44. The number of hydrogen-bond donors (Lipinski definition) is 1. The monoisotopic (exact) mass is 242 g/mol. The SMILES string of the molecule is Cc1nc(N)n(-c2cccc(C(F)(F)F)c2)n1. The van der Waals surface area contributed by atoms with Gasteiger partial charge in [0.1, 0.15) is 5.82 Å². The number of hydrogen-bond acceptors (Lipinski definition) is 3. The average Bonchev–Trinajstić information content (AvgIpc) is 2.57. The van der Waals surface area contributed by atoms with E-state index in [1.54, 1.807) is 6.92 Å². The van der Waals surface area contributed by atoms with Gasteiger partial charge in [-0.1, -0.05) is 6.07 Å². The molecular weight excluding hydrogens is 233 g/mol. The van der Waals surface area contributed by atoms with Crippen LogP contribution in [-0.2, 0) is 6.18 Å². The Morgan fingerprint density at radius 1 is 1.29 bits per heavy atom. The largest absolute Gasteiger partial charge is 0.416 e. The third-order valence-corrected chi connectivity index (χ3v) is 2.16. The Morgan fingerprint density at radius 3 is 2.53 bits per heavy atom. The van der Waals surface area contributed by atoms with Gasteiger partial charge < -0.3 is 5.73 Å². The van der Waals surface area contributed by atoms with Gasteiger partial charge >= 0.3 is 6.18 Å². The smallest absolute Gasteiger partial charge is 0.368 e. The van der Waals surface area contributed by atoms with Crippen molar-refractivity contribution in [3.8, 4) is 5.69 Å². The summed E-state index contributed by atoms with van der Waals surface area (Å²) in [5.41, 5.74) is 5.03. The van der Waals surface area contributed by atoms with E-state index >= 15 is 0 Å². The first kappa shape index (κ1) is 11.4. The minimum absolute atomic E-state index is 0.0572. The van der Waals surface area contributed by atoms with Gasteiger partial charge in [0.2, 0.25) is 5.95 Å². The molecule has 0 amide bonds. The molecule has 0 aliphatic carbocycles. The molecule has 4 nitrogen and oxygen atoms in total. The van der Waals surface area contributed by atoms with Gasteiger partial charge in [0.15, 0.2) is 0 Å². The zero-order valence-corrected chi connectivity index (χ0v) is 8.86. The van der Waals surface area contributed by atoms with E-state index in [4.69, 9.17) is 5.73 Å². The molecule has 0 aliphatic rings. The molecule has 1 aromatic carbocycles. The van der Waals surface area contributed by atoms with Crippen molar-refractivity contribution in [2.75, 3.05) is 5.73 Å². The zero-order chi connectivity index (χ0) is 12.6. The number of anilines is 1. The molecule has 2 aromatic rings. The van der Waals surface area contributed by atoms with Gasteiger partial charge in [0.05, 0.1) is 11.3 Å². The third kappa shape index (κ3) is 2.22. The third-order valence-electron chi connectivity index (χ3n) is 2.16. The Balaban J connectivity index is 2.50. The number of benzene rings is 1. The maximum absolute atomic E-state index is 12.5. The van der Waals surface area contributed by atoms with Crippen LogP contribution in [0.4, 0.5) is 19.1 Å². The zero-order valence-electron chi connectivity index (χ0n) is 8.86. The number of rotatable bonds is 1. The number of alkyl halides is 3. The molecule has 90 valence electrons. The van der Waals surface area contributed by atoms with E-state index < -0.39 is 11.7 Å². The highest BCUT2D eigenvalue weighted by atomic mass is 19.4. The maximum Gasteiger partial charge on any atom is 0.416 e. The molecule has 0 aliphatic heterocycles. The summed E-state index contributed by atoms with van der Waals surface area (Å²) in [6.45, 7) is 1.61. The van der Waals surface area contributed by atoms with Crippen molar-refractivity contribution in [1.82, 2.24) is 14.8 Å². The molecule has 2 N–H and O–H groups in total. The van der Waals surface area contributed by atoms with E-state index in [1.165, 1.54) is 16.8 Å². The van der Waals surface area contributed by atoms with Gasteiger partial charge in [-0.15, -0.1) is 5.10 Å². The van der Waals surface area contributed by atoms with Crippen LogP contribution in [0.3, 0.4) is 0 Å². The molecule has 0 saturated heterocycles. The first-order chi connectivity index (χ1) is 7.88. The average molecular weight is 242 g/mol. The maximum atomic E-state index is 12.5. The second-order valence-electron chi connectivity index (χ2n) is 3.48. The lowest BCUT2D eigenvalue weighted by molar-refractivity contribution is -0.137. The summed E-state index contributed by atoms with van der Waals surface area (Å²) in [6, 6.07) is 4.75. The number of aryl methyl sites for hydroxylation is 1. The minimum atomic E-state index is -4.39. The molecule has 0 fully saturated rings. The molecule has 0 bridgehead atoms. The van der Waals surface area contributed by atoms with Crippen LogP contribution in [0.25, 0.3) is 5.69 Å². The predicted octanol–water partition coefficient (Wildman–Crippen LogP) is 2.18. The summed E-state index contributed by atoms with van der Waals surface area (Å²) in [4.78, 5) is 3.83. The van der Waals surface area contributed by atoms with Crippen LogP contribution < -0.4 is 5.73 Å². The summed E-state index contributed by atoms with van der Waals surface area (Å²) >= 11 is 0. The Kier molecular flexibility index (Phi) is 2.53. The highest BCUT2D eigenvalue weighted by molar-refractivity contribution is 5.40. The van der Waals surface area contributed by atoms with Gasteiger partial charge in [-0.2, -0.15) is 22.8 Å². The first-order valence-electron chi connectivity index (χ1n) is 4.75. The molecule has 0 atom stereocenters. The normalized spacial score (nSPS) is 11.8. The van der Waals surface area contributed by atoms with Crippen molar-refractivity contribution in [2.24, 2.45) is 0 Å². The van der Waals surface area contributed by atoms with E-state index in [0.717, 1.165) is 12.1 Å². The van der Waals surface area contributed by atoms with Gasteiger partial charge in [0.25, 0.3) is 0 Å². The number of aromatic nitrogens is 3. The molecule has 0 spiro atoms. The van der Waals surface area contributed by atoms with Crippen molar-refractivity contribution >= 4 is 5.95 Å². The Morgan fingerprint density at radius 2 is 2.00 bits per heavy atom. The van der Waals surface area contributed by atoms with Crippen molar-refractivity contribution in [3.05, 3.63) is 35.7 Å². The Hall–Kier alpha value is -2.05. The quantitative estimate of drug-likeness (QED) is 0.833. The molecule has 1 aromatic heterocycles. The molecule has 2 rings (SSSR count). The van der Waals surface area contributed by atoms with Crippen LogP contribution in [0.1, 0.15) is 11.4 Å². The molecule has 1 heterocycles. The van der Waals surface area contributed by atoms with Crippen LogP contribution in [0.5, 0.6) is 0 Å². The van der Waals surface area contributed by atoms with E-state index in [-0.39, 0.29) is 11.6 Å². The lowest BCUT2D eigenvalue weighted by Gasteiger charge is -2.08. The van der Waals surface area contributed by atoms with Crippen molar-refractivity contribution < 1.29 is 13.2 Å². The van der Waals surface area contributed by atoms with Gasteiger partial charge in [-0.05, 0) is 25.1 Å². The molecule has 7 heteroatoms. The molecule has 0 saturated carbocycles. The van der Waals surface area contributed by atoms with Gasteiger partial charge in [0, 0.05) is 0 Å². The lowest BCUT2D eigenvalue weighted by atomic mass is 10.2. The Labute approximate surface area is 94.9 Å². The summed E-state index contributed by atoms with van der Waals surface area (Å²) in [6.07, 6.45) is -4.39. The first-order valence-corrected chi connectivity index (χ1v) is 4.75. The van der Waals surface area contributed by atoms with Crippen molar-refractivity contribution in [3.63, 3.8) is 0 Å². The van der Waals surface area contributed by atoms with Crippen molar-refractivity contribution in [1.29, 1.82) is 0 Å². The fraction of sp³-hybridized carbons (Fsp3) is 0.200. The number of halogens is 3. The van der Waals surface area contributed by atoms with E-state index in [1.807, 2.05) is 0 Å². The van der Waals surface area contributed by atoms with E-state index in [2.05, 4.69) is 10.1 Å². The van der Waals surface area contributed by atoms with Crippen LogP contribution in [0.15, 0.2) is 24.3 Å². The fourth-order valence-corrected chi connectivity index (χ4v) is 1.44. The summed E-state index contributed by atoms with van der Waals surface area (Å²) < 4.78 is 38.7. The molecular formula is C10H9F3N4. The molecule has 0 unspecified atom stereocenters. The van der Waals surface area contributed by atoms with Gasteiger partial charge in [-0.25, -0.2) is 0 Å². The molecule has 0 radical (unpaired) electrons. The van der Waals surface area contributed by atoms with Crippen molar-refractivity contribution in [2.45, 2.75) is 13.1 Å². The summed E-state index contributed by atoms with van der Waals surface area (Å²) in [7, 11) is 0. The molecule has 17 heavy (non-hydrogen) atoms. The number of nitrogens with two attached hydrogens (primary N) is 1. The van der Waals surface area contributed by atoms with Crippen LogP contribution in [0.2, 0.25) is 0 Å². The number of nitrogen functional groups attached to an aromatic ring is 1. The highest BCUT2D eigenvalue weighted by Gasteiger charge is 2.30. The predicted molar refractivity (Wildman–Crippen MR) is 55.5 cm³/mol. The minimum Gasteiger partial charge on any atom is -0.368 e. The lowest BCUT2D eigenvalue weighted by Crippen LogP contribution is -2.08. The number of nitrogens with zero attached hydrogens (tertiary/aromatic N) is 3. The summed E-state index contributed by atoms with van der Waals surface area (Å²) in [5.74, 6) is 0.460. The van der Waals surface area contributed by atoms with E-state index in [9.17, 15) is 13.2 Å². The second-order valence-corrected chi connectivity index (χ2v) is 3.48. The highest BCUT2D eigenvalue weighted by Crippen LogP contribution is 2.30. The topological polar surface area (TPSA) is 56.7 Å².